The van der Waals surface area contributed by atoms with Crippen LogP contribution in [-0.2, 0) is 5.41 Å². The van der Waals surface area contributed by atoms with Crippen molar-refractivity contribution in [2.75, 3.05) is 6.54 Å². The van der Waals surface area contributed by atoms with Crippen molar-refractivity contribution in [3.05, 3.63) is 57.3 Å². The Bertz CT molecular complexity index is 654. The largest absolute Gasteiger partial charge is 0.351 e. The lowest BCUT2D eigenvalue weighted by atomic mass is 9.84. The Hall–Kier alpha value is -1.61. The highest BCUT2D eigenvalue weighted by Gasteiger charge is 2.36. The fraction of sp³-hybridized carbons (Fsp3) is 0.421. The van der Waals surface area contributed by atoms with Gasteiger partial charge in [0.05, 0.1) is 0 Å². The van der Waals surface area contributed by atoms with Crippen molar-refractivity contribution in [2.24, 2.45) is 0 Å². The summed E-state index contributed by atoms with van der Waals surface area (Å²) < 4.78 is 0. The molecule has 22 heavy (non-hydrogen) atoms. The van der Waals surface area contributed by atoms with Gasteiger partial charge in [0, 0.05) is 22.4 Å². The molecule has 1 aliphatic carbocycles. The normalized spacial score (nSPS) is 16.6. The predicted molar refractivity (Wildman–Crippen MR) is 92.7 cm³/mol. The topological polar surface area (TPSA) is 29.1 Å². The van der Waals surface area contributed by atoms with Crippen LogP contribution in [0.3, 0.4) is 0 Å². The van der Waals surface area contributed by atoms with Crippen LogP contribution in [0, 0.1) is 13.8 Å². The summed E-state index contributed by atoms with van der Waals surface area (Å²) in [6.45, 7) is 4.87. The maximum atomic E-state index is 12.5. The second-order valence-electron chi connectivity index (χ2n) is 6.45. The number of rotatable bonds is 4. The summed E-state index contributed by atoms with van der Waals surface area (Å²) in [4.78, 5) is 13.9. The van der Waals surface area contributed by atoms with Crippen LogP contribution in [0.2, 0.25) is 0 Å². The zero-order valence-electron chi connectivity index (χ0n) is 13.3. The first kappa shape index (κ1) is 15.3. The number of hydrogen-bond donors (Lipinski definition) is 1. The van der Waals surface area contributed by atoms with Gasteiger partial charge in [0.25, 0.3) is 5.91 Å². The Kier molecular flexibility index (Phi) is 4.34. The van der Waals surface area contributed by atoms with Gasteiger partial charge in [-0.25, -0.2) is 0 Å². The summed E-state index contributed by atoms with van der Waals surface area (Å²) in [6.07, 6.45) is 4.89. The van der Waals surface area contributed by atoms with Gasteiger partial charge < -0.3 is 5.32 Å². The van der Waals surface area contributed by atoms with E-state index in [4.69, 9.17) is 0 Å². The summed E-state index contributed by atoms with van der Waals surface area (Å²) in [5, 5.41) is 5.32. The van der Waals surface area contributed by atoms with Crippen LogP contribution >= 0.6 is 11.3 Å². The highest BCUT2D eigenvalue weighted by Crippen LogP contribution is 2.42. The summed E-state index contributed by atoms with van der Waals surface area (Å²) in [6, 6.07) is 10.3. The molecule has 1 amide bonds. The minimum absolute atomic E-state index is 0.0472. The van der Waals surface area contributed by atoms with Crippen molar-refractivity contribution >= 4 is 17.2 Å². The fourth-order valence-corrected chi connectivity index (χ4v) is 4.36. The van der Waals surface area contributed by atoms with Gasteiger partial charge in [-0.15, -0.1) is 11.3 Å². The van der Waals surface area contributed by atoms with Crippen molar-refractivity contribution < 1.29 is 4.79 Å². The van der Waals surface area contributed by atoms with Crippen LogP contribution in [-0.4, -0.2) is 12.5 Å². The Morgan fingerprint density at radius 3 is 2.59 bits per heavy atom. The summed E-state index contributed by atoms with van der Waals surface area (Å²) >= 11 is 1.82. The molecule has 0 bridgehead atoms. The SMILES string of the molecule is Cc1ccc(C(=O)NCC2(c3cccs3)CCCC2)cc1C. The van der Waals surface area contributed by atoms with E-state index in [0.717, 1.165) is 12.1 Å². The van der Waals surface area contributed by atoms with E-state index in [-0.39, 0.29) is 11.3 Å². The molecule has 1 aromatic heterocycles. The maximum Gasteiger partial charge on any atom is 0.251 e. The molecule has 2 aromatic rings. The predicted octanol–water partition coefficient (Wildman–Crippen LogP) is 4.61. The quantitative estimate of drug-likeness (QED) is 0.877. The number of carbonyl (C=O) groups excluding carboxylic acids is 1. The molecule has 3 heteroatoms. The smallest absolute Gasteiger partial charge is 0.251 e. The van der Waals surface area contributed by atoms with Gasteiger partial charge in [-0.1, -0.05) is 25.0 Å². The minimum Gasteiger partial charge on any atom is -0.351 e. The van der Waals surface area contributed by atoms with E-state index in [1.807, 2.05) is 29.5 Å². The Morgan fingerprint density at radius 2 is 1.95 bits per heavy atom. The minimum atomic E-state index is 0.0472. The molecule has 1 aromatic carbocycles. The molecule has 1 fully saturated rings. The highest BCUT2D eigenvalue weighted by molar-refractivity contribution is 7.10. The molecule has 116 valence electrons. The van der Waals surface area contributed by atoms with Gasteiger partial charge in [0.2, 0.25) is 0 Å². The number of benzene rings is 1. The van der Waals surface area contributed by atoms with E-state index < -0.39 is 0 Å². The van der Waals surface area contributed by atoms with Gasteiger partial charge in [-0.3, -0.25) is 4.79 Å². The molecule has 0 radical (unpaired) electrons. The summed E-state index contributed by atoms with van der Waals surface area (Å²) in [5.74, 6) is 0.0472. The number of thiophene rings is 1. The third-order valence-corrected chi connectivity index (χ3v) is 6.08. The second-order valence-corrected chi connectivity index (χ2v) is 7.39. The Morgan fingerprint density at radius 1 is 1.18 bits per heavy atom. The first-order valence-corrected chi connectivity index (χ1v) is 8.88. The summed E-state index contributed by atoms with van der Waals surface area (Å²) in [7, 11) is 0. The standard InChI is InChI=1S/C19H23NOS/c1-14-7-8-16(12-15(14)2)18(21)20-13-19(9-3-4-10-19)17-6-5-11-22-17/h5-8,11-12H,3-4,9-10,13H2,1-2H3,(H,20,21). The van der Waals surface area contributed by atoms with Gasteiger partial charge >= 0.3 is 0 Å². The number of amides is 1. The number of aryl methyl sites for hydroxylation is 2. The van der Waals surface area contributed by atoms with E-state index in [0.29, 0.717) is 0 Å². The van der Waals surface area contributed by atoms with Crippen molar-refractivity contribution in [3.8, 4) is 0 Å². The van der Waals surface area contributed by atoms with E-state index >= 15 is 0 Å². The van der Waals surface area contributed by atoms with Crippen molar-refractivity contribution in [3.63, 3.8) is 0 Å². The summed E-state index contributed by atoms with van der Waals surface area (Å²) in [5.41, 5.74) is 3.31. The fourth-order valence-electron chi connectivity index (χ4n) is 3.38. The van der Waals surface area contributed by atoms with Crippen molar-refractivity contribution in [1.82, 2.24) is 5.32 Å². The zero-order valence-corrected chi connectivity index (χ0v) is 14.1. The molecule has 2 nitrogen and oxygen atoms in total. The first-order valence-electron chi connectivity index (χ1n) is 8.00. The zero-order chi connectivity index (χ0) is 15.6. The molecule has 0 unspecified atom stereocenters. The average molecular weight is 313 g/mol. The van der Waals surface area contributed by atoms with Gasteiger partial charge in [0.15, 0.2) is 0 Å². The van der Waals surface area contributed by atoms with Crippen LogP contribution in [0.5, 0.6) is 0 Å². The molecule has 3 rings (SSSR count). The Balaban J connectivity index is 1.72. The lowest BCUT2D eigenvalue weighted by Gasteiger charge is -2.28. The van der Waals surface area contributed by atoms with Gasteiger partial charge in [-0.2, -0.15) is 0 Å². The molecular weight excluding hydrogens is 290 g/mol. The molecule has 1 N–H and O–H groups in total. The number of hydrogen-bond acceptors (Lipinski definition) is 2. The average Bonchev–Trinajstić information content (AvgIpc) is 3.19. The molecule has 0 aliphatic heterocycles. The van der Waals surface area contributed by atoms with Crippen molar-refractivity contribution in [1.29, 1.82) is 0 Å². The van der Waals surface area contributed by atoms with E-state index in [2.05, 4.69) is 36.7 Å². The van der Waals surface area contributed by atoms with Crippen LogP contribution in [0.15, 0.2) is 35.7 Å². The number of nitrogens with one attached hydrogen (secondary N) is 1. The first-order chi connectivity index (χ1) is 10.6. The van der Waals surface area contributed by atoms with Crippen molar-refractivity contribution in [2.45, 2.75) is 44.9 Å². The van der Waals surface area contributed by atoms with E-state index in [9.17, 15) is 4.79 Å². The second kappa shape index (κ2) is 6.25. The monoisotopic (exact) mass is 313 g/mol. The third-order valence-electron chi connectivity index (χ3n) is 4.96. The molecule has 1 heterocycles. The van der Waals surface area contributed by atoms with E-state index in [1.165, 1.54) is 41.7 Å². The van der Waals surface area contributed by atoms with Crippen LogP contribution < -0.4 is 5.32 Å². The molecule has 1 aliphatic rings. The third kappa shape index (κ3) is 2.95. The highest BCUT2D eigenvalue weighted by atomic mass is 32.1. The van der Waals surface area contributed by atoms with Gasteiger partial charge in [0.1, 0.15) is 0 Å². The van der Waals surface area contributed by atoms with Gasteiger partial charge in [-0.05, 0) is 61.4 Å². The molecule has 1 saturated carbocycles. The van der Waals surface area contributed by atoms with Crippen LogP contribution in [0.1, 0.15) is 52.0 Å². The Labute approximate surface area is 136 Å². The van der Waals surface area contributed by atoms with Crippen LogP contribution in [0.4, 0.5) is 0 Å². The molecule has 0 saturated heterocycles. The van der Waals surface area contributed by atoms with Crippen LogP contribution in [0.25, 0.3) is 0 Å². The van der Waals surface area contributed by atoms with E-state index in [1.54, 1.807) is 0 Å². The molecule has 0 atom stereocenters. The lowest BCUT2D eigenvalue weighted by molar-refractivity contribution is 0.0943. The molecular formula is C19H23NOS. The molecule has 0 spiro atoms. The number of carbonyl (C=O) groups is 1. The maximum absolute atomic E-state index is 12.5. The lowest BCUT2D eigenvalue weighted by Crippen LogP contribution is -2.38.